The summed E-state index contributed by atoms with van der Waals surface area (Å²) in [4.78, 5) is 34.2. The molecule has 1 aliphatic carbocycles. The Hall–Kier alpha value is -3.80. The number of hydrogen-bond acceptors (Lipinski definition) is 6. The molecule has 3 aromatic rings. The molecule has 2 unspecified atom stereocenters. The predicted molar refractivity (Wildman–Crippen MR) is 118 cm³/mol. The van der Waals surface area contributed by atoms with E-state index in [4.69, 9.17) is 0 Å². The standard InChI is InChI=1S/C23H17F3N4O4S/c24-23(25,26)35(33,34)17-6-4-16(5-7-17)30-20(31)22(29-21(30)32)12-15(22)11-14-8-10-27-13-18(14)19-3-1-2-9-28-19/h1-10,13,15H,11-12H2,(H,29,32). The lowest BCUT2D eigenvalue weighted by atomic mass is 9.99. The van der Waals surface area contributed by atoms with E-state index < -0.39 is 37.7 Å². The summed E-state index contributed by atoms with van der Waals surface area (Å²) in [5.74, 6) is -0.744. The van der Waals surface area contributed by atoms with Crippen molar-refractivity contribution in [2.24, 2.45) is 5.92 Å². The van der Waals surface area contributed by atoms with Gasteiger partial charge < -0.3 is 5.32 Å². The maximum absolute atomic E-state index is 13.2. The number of aromatic nitrogens is 2. The van der Waals surface area contributed by atoms with Crippen LogP contribution in [-0.4, -0.2) is 41.4 Å². The van der Waals surface area contributed by atoms with Gasteiger partial charge in [-0.15, -0.1) is 0 Å². The minimum Gasteiger partial charge on any atom is -0.322 e. The van der Waals surface area contributed by atoms with E-state index in [0.29, 0.717) is 12.8 Å². The number of hydrogen-bond donors (Lipinski definition) is 1. The lowest BCUT2D eigenvalue weighted by Gasteiger charge is -2.14. The molecule has 0 radical (unpaired) electrons. The summed E-state index contributed by atoms with van der Waals surface area (Å²) in [5, 5.41) is 2.71. The highest BCUT2D eigenvalue weighted by Gasteiger charge is 2.67. The number of benzene rings is 1. The van der Waals surface area contributed by atoms with E-state index in [-0.39, 0.29) is 11.6 Å². The van der Waals surface area contributed by atoms with Crippen molar-refractivity contribution >= 4 is 27.5 Å². The van der Waals surface area contributed by atoms with Gasteiger partial charge in [0, 0.05) is 24.2 Å². The molecule has 0 bridgehead atoms. The number of rotatable bonds is 5. The fraction of sp³-hybridized carbons (Fsp3) is 0.217. The van der Waals surface area contributed by atoms with Gasteiger partial charge in [0.05, 0.1) is 16.3 Å². The number of amides is 3. The first-order chi connectivity index (χ1) is 16.5. The van der Waals surface area contributed by atoms with Crippen molar-refractivity contribution in [3.8, 4) is 11.3 Å². The number of anilines is 1. The first-order valence-electron chi connectivity index (χ1n) is 10.5. The molecule has 180 valence electrons. The average molecular weight is 502 g/mol. The molecule has 2 aromatic heterocycles. The Labute approximate surface area is 197 Å². The Morgan fingerprint density at radius 1 is 1.06 bits per heavy atom. The molecule has 12 heteroatoms. The first-order valence-corrected chi connectivity index (χ1v) is 12.0. The van der Waals surface area contributed by atoms with Gasteiger partial charge in [0.15, 0.2) is 0 Å². The van der Waals surface area contributed by atoms with Gasteiger partial charge in [0.25, 0.3) is 15.7 Å². The highest BCUT2D eigenvalue weighted by Crippen LogP contribution is 2.51. The van der Waals surface area contributed by atoms with Gasteiger partial charge in [-0.3, -0.25) is 14.8 Å². The van der Waals surface area contributed by atoms with E-state index >= 15 is 0 Å². The van der Waals surface area contributed by atoms with Gasteiger partial charge in [-0.2, -0.15) is 13.2 Å². The number of nitrogens with zero attached hydrogens (tertiary/aromatic N) is 3. The Balaban J connectivity index is 1.37. The third-order valence-corrected chi connectivity index (χ3v) is 7.75. The monoisotopic (exact) mass is 502 g/mol. The van der Waals surface area contributed by atoms with Crippen molar-refractivity contribution in [1.29, 1.82) is 0 Å². The Morgan fingerprint density at radius 3 is 2.46 bits per heavy atom. The quantitative estimate of drug-likeness (QED) is 0.535. The summed E-state index contributed by atoms with van der Waals surface area (Å²) in [5.41, 5.74) is -4.16. The van der Waals surface area contributed by atoms with Gasteiger partial charge >= 0.3 is 11.5 Å². The smallest absolute Gasteiger partial charge is 0.322 e. The number of alkyl halides is 3. The van der Waals surface area contributed by atoms with Gasteiger partial charge in [-0.05, 0) is 66.8 Å². The Bertz CT molecular complexity index is 1430. The van der Waals surface area contributed by atoms with E-state index in [9.17, 15) is 31.2 Å². The van der Waals surface area contributed by atoms with Crippen LogP contribution in [0.4, 0.5) is 23.7 Å². The second kappa shape index (κ2) is 7.87. The SMILES string of the molecule is O=C1NC2(CC2Cc2ccncc2-c2ccccn2)C(=O)N1c1ccc(S(=O)(=O)C(F)(F)F)cc1. The number of imide groups is 1. The van der Waals surface area contributed by atoms with Crippen LogP contribution in [0.1, 0.15) is 12.0 Å². The van der Waals surface area contributed by atoms with Gasteiger partial charge in [0.1, 0.15) is 5.54 Å². The van der Waals surface area contributed by atoms with Crippen LogP contribution < -0.4 is 10.2 Å². The van der Waals surface area contributed by atoms with Crippen molar-refractivity contribution in [1.82, 2.24) is 15.3 Å². The number of halogens is 3. The molecular weight excluding hydrogens is 485 g/mol. The number of carbonyl (C=O) groups is 2. The van der Waals surface area contributed by atoms with E-state index in [2.05, 4.69) is 15.3 Å². The average Bonchev–Trinajstić information content (AvgIpc) is 3.45. The van der Waals surface area contributed by atoms with Crippen LogP contribution in [0.2, 0.25) is 0 Å². The van der Waals surface area contributed by atoms with Crippen molar-refractivity contribution in [2.45, 2.75) is 28.8 Å². The van der Waals surface area contributed by atoms with Crippen molar-refractivity contribution in [3.63, 3.8) is 0 Å². The lowest BCUT2D eigenvalue weighted by Crippen LogP contribution is -2.35. The molecule has 1 saturated carbocycles. The number of nitrogens with one attached hydrogen (secondary N) is 1. The zero-order valence-corrected chi connectivity index (χ0v) is 18.7. The predicted octanol–water partition coefficient (Wildman–Crippen LogP) is 3.49. The van der Waals surface area contributed by atoms with E-state index in [0.717, 1.165) is 46.0 Å². The molecule has 1 aliphatic heterocycles. The normalized spacial score (nSPS) is 21.9. The minimum atomic E-state index is -5.54. The molecule has 1 N–H and O–H groups in total. The summed E-state index contributed by atoms with van der Waals surface area (Å²) in [7, 11) is -5.54. The first kappa shape index (κ1) is 23.0. The fourth-order valence-electron chi connectivity index (χ4n) is 4.35. The summed E-state index contributed by atoms with van der Waals surface area (Å²) in [6.07, 6.45) is 5.84. The van der Waals surface area contributed by atoms with Gasteiger partial charge in [0.2, 0.25) is 0 Å². The molecular formula is C23H17F3N4O4S. The highest BCUT2D eigenvalue weighted by atomic mass is 32.2. The summed E-state index contributed by atoms with van der Waals surface area (Å²) < 4.78 is 61.5. The molecule has 2 atom stereocenters. The molecule has 2 fully saturated rings. The molecule has 1 aromatic carbocycles. The van der Waals surface area contributed by atoms with Crippen LogP contribution in [0.15, 0.2) is 72.0 Å². The molecule has 5 rings (SSSR count). The molecule has 2 aliphatic rings. The van der Waals surface area contributed by atoms with Gasteiger partial charge in [-0.25, -0.2) is 18.1 Å². The molecule has 3 heterocycles. The van der Waals surface area contributed by atoms with Crippen molar-refractivity contribution in [3.05, 3.63) is 72.7 Å². The largest absolute Gasteiger partial charge is 0.501 e. The van der Waals surface area contributed by atoms with Crippen LogP contribution in [0.25, 0.3) is 11.3 Å². The molecule has 35 heavy (non-hydrogen) atoms. The summed E-state index contributed by atoms with van der Waals surface area (Å²) >= 11 is 0. The molecule has 3 amide bonds. The zero-order chi connectivity index (χ0) is 25.0. The molecule has 8 nitrogen and oxygen atoms in total. The molecule has 1 saturated heterocycles. The Kier molecular flexibility index (Phi) is 5.16. The number of carbonyl (C=O) groups excluding carboxylic acids is 2. The van der Waals surface area contributed by atoms with E-state index in [1.807, 2.05) is 18.2 Å². The summed E-state index contributed by atoms with van der Waals surface area (Å²) in [6.45, 7) is 0. The van der Waals surface area contributed by atoms with Crippen molar-refractivity contribution < 1.29 is 31.2 Å². The number of urea groups is 1. The number of pyridine rings is 2. The maximum Gasteiger partial charge on any atom is 0.501 e. The highest BCUT2D eigenvalue weighted by molar-refractivity contribution is 7.92. The Morgan fingerprint density at radius 2 is 1.80 bits per heavy atom. The maximum atomic E-state index is 13.2. The van der Waals surface area contributed by atoms with Crippen molar-refractivity contribution in [2.75, 3.05) is 4.90 Å². The van der Waals surface area contributed by atoms with Crippen LogP contribution in [-0.2, 0) is 21.1 Å². The second-order valence-electron chi connectivity index (χ2n) is 8.34. The topological polar surface area (TPSA) is 109 Å². The van der Waals surface area contributed by atoms with Gasteiger partial charge in [-0.1, -0.05) is 6.07 Å². The summed E-state index contributed by atoms with van der Waals surface area (Å²) in [6, 6.07) is 10.1. The third kappa shape index (κ3) is 3.73. The van der Waals surface area contributed by atoms with Crippen LogP contribution in [0, 0.1) is 5.92 Å². The second-order valence-corrected chi connectivity index (χ2v) is 10.3. The van der Waals surface area contributed by atoms with Crippen LogP contribution in [0.5, 0.6) is 0 Å². The van der Waals surface area contributed by atoms with Crippen LogP contribution >= 0.6 is 0 Å². The van der Waals surface area contributed by atoms with E-state index in [1.165, 1.54) is 0 Å². The number of sulfone groups is 1. The lowest BCUT2D eigenvalue weighted by molar-refractivity contribution is -0.119. The van der Waals surface area contributed by atoms with E-state index in [1.54, 1.807) is 24.7 Å². The van der Waals surface area contributed by atoms with Crippen LogP contribution in [0.3, 0.4) is 0 Å². The minimum absolute atomic E-state index is 0.0192. The fourth-order valence-corrected chi connectivity index (χ4v) is 5.11. The zero-order valence-electron chi connectivity index (χ0n) is 17.9. The third-order valence-electron chi connectivity index (χ3n) is 6.25. The molecule has 1 spiro atoms.